The Morgan fingerprint density at radius 2 is 2.29 bits per heavy atom. The SMILES string of the molecule is CSc1cc(C=O)c2c(F)csc2c1. The third kappa shape index (κ3) is 1.44. The molecule has 0 unspecified atom stereocenters. The molecule has 2 rings (SSSR count). The van der Waals surface area contributed by atoms with Crippen LogP contribution in [0.1, 0.15) is 10.4 Å². The zero-order valence-electron chi connectivity index (χ0n) is 7.41. The van der Waals surface area contributed by atoms with E-state index in [-0.39, 0.29) is 5.82 Å². The van der Waals surface area contributed by atoms with Crippen molar-refractivity contribution in [2.24, 2.45) is 0 Å². The van der Waals surface area contributed by atoms with Crippen LogP contribution < -0.4 is 0 Å². The maximum atomic E-state index is 13.3. The fourth-order valence-electron chi connectivity index (χ4n) is 1.34. The maximum Gasteiger partial charge on any atom is 0.150 e. The number of hydrogen-bond donors (Lipinski definition) is 0. The number of aldehydes is 1. The van der Waals surface area contributed by atoms with Crippen LogP contribution in [0.15, 0.2) is 22.4 Å². The number of fused-ring (bicyclic) bond motifs is 1. The van der Waals surface area contributed by atoms with Crippen molar-refractivity contribution < 1.29 is 9.18 Å². The van der Waals surface area contributed by atoms with Gasteiger partial charge in [0.25, 0.3) is 0 Å². The Morgan fingerprint density at radius 1 is 1.50 bits per heavy atom. The first-order valence-corrected chi connectivity index (χ1v) is 6.06. The first kappa shape index (κ1) is 9.68. The van der Waals surface area contributed by atoms with E-state index in [4.69, 9.17) is 0 Å². The van der Waals surface area contributed by atoms with E-state index in [9.17, 15) is 9.18 Å². The van der Waals surface area contributed by atoms with Crippen LogP contribution in [0, 0.1) is 5.82 Å². The van der Waals surface area contributed by atoms with Crippen LogP contribution in [0.5, 0.6) is 0 Å². The Kier molecular flexibility index (Phi) is 2.56. The predicted octanol–water partition coefficient (Wildman–Crippen LogP) is 3.57. The second-order valence-electron chi connectivity index (χ2n) is 2.79. The van der Waals surface area contributed by atoms with Gasteiger partial charge in [-0.2, -0.15) is 0 Å². The highest BCUT2D eigenvalue weighted by atomic mass is 32.2. The fourth-order valence-corrected chi connectivity index (χ4v) is 2.78. The molecule has 0 aliphatic carbocycles. The lowest BCUT2D eigenvalue weighted by atomic mass is 10.1. The van der Waals surface area contributed by atoms with Crippen molar-refractivity contribution in [2.75, 3.05) is 6.26 Å². The molecule has 0 saturated carbocycles. The van der Waals surface area contributed by atoms with Gasteiger partial charge >= 0.3 is 0 Å². The van der Waals surface area contributed by atoms with Crippen molar-refractivity contribution in [2.45, 2.75) is 4.90 Å². The number of benzene rings is 1. The molecule has 0 aliphatic heterocycles. The fraction of sp³-hybridized carbons (Fsp3) is 0.100. The molecule has 0 atom stereocenters. The number of thioether (sulfide) groups is 1. The number of carbonyl (C=O) groups is 1. The lowest BCUT2D eigenvalue weighted by molar-refractivity contribution is 0.112. The van der Waals surface area contributed by atoms with E-state index < -0.39 is 0 Å². The second-order valence-corrected chi connectivity index (χ2v) is 4.58. The maximum absolute atomic E-state index is 13.3. The Labute approximate surface area is 88.9 Å². The van der Waals surface area contributed by atoms with Gasteiger partial charge in [-0.25, -0.2) is 4.39 Å². The van der Waals surface area contributed by atoms with Crippen LogP contribution in [0.2, 0.25) is 0 Å². The number of rotatable bonds is 2. The number of hydrogen-bond acceptors (Lipinski definition) is 3. The van der Waals surface area contributed by atoms with Crippen LogP contribution >= 0.6 is 23.1 Å². The van der Waals surface area contributed by atoms with Gasteiger partial charge in [-0.1, -0.05) is 0 Å². The molecule has 2 aromatic rings. The summed E-state index contributed by atoms with van der Waals surface area (Å²) < 4.78 is 14.1. The molecule has 14 heavy (non-hydrogen) atoms. The molecule has 0 radical (unpaired) electrons. The van der Waals surface area contributed by atoms with E-state index >= 15 is 0 Å². The van der Waals surface area contributed by atoms with Crippen molar-refractivity contribution >= 4 is 39.5 Å². The number of thiophene rings is 1. The molecule has 0 fully saturated rings. The molecule has 0 aliphatic rings. The lowest BCUT2D eigenvalue weighted by Crippen LogP contribution is -1.84. The number of halogens is 1. The van der Waals surface area contributed by atoms with Gasteiger partial charge in [0.05, 0.1) is 0 Å². The van der Waals surface area contributed by atoms with Crippen LogP contribution in [0.3, 0.4) is 0 Å². The average Bonchev–Trinajstić information content (AvgIpc) is 2.59. The first-order chi connectivity index (χ1) is 6.76. The summed E-state index contributed by atoms with van der Waals surface area (Å²) in [5.41, 5.74) is 0.436. The molecule has 0 spiro atoms. The predicted molar refractivity (Wildman–Crippen MR) is 59.0 cm³/mol. The largest absolute Gasteiger partial charge is 0.298 e. The molecule has 0 N–H and O–H groups in total. The molecule has 1 aromatic heterocycles. The van der Waals surface area contributed by atoms with Gasteiger partial charge in [0.1, 0.15) is 5.82 Å². The summed E-state index contributed by atoms with van der Waals surface area (Å²) in [6.45, 7) is 0. The second kappa shape index (κ2) is 3.71. The average molecular weight is 226 g/mol. The van der Waals surface area contributed by atoms with E-state index in [1.165, 1.54) is 16.7 Å². The highest BCUT2D eigenvalue weighted by Crippen LogP contribution is 2.31. The first-order valence-electron chi connectivity index (χ1n) is 3.96. The molecule has 72 valence electrons. The van der Waals surface area contributed by atoms with E-state index in [1.54, 1.807) is 17.8 Å². The summed E-state index contributed by atoms with van der Waals surface area (Å²) in [5.74, 6) is -0.306. The van der Waals surface area contributed by atoms with Gasteiger partial charge in [-0.3, -0.25) is 4.79 Å². The molecular weight excluding hydrogens is 219 g/mol. The molecule has 1 aromatic carbocycles. The van der Waals surface area contributed by atoms with Crippen molar-refractivity contribution in [3.05, 3.63) is 28.9 Å². The summed E-state index contributed by atoms with van der Waals surface area (Å²) in [4.78, 5) is 11.8. The van der Waals surface area contributed by atoms with Gasteiger partial charge in [0.15, 0.2) is 6.29 Å². The van der Waals surface area contributed by atoms with Gasteiger partial charge < -0.3 is 0 Å². The zero-order chi connectivity index (χ0) is 10.1. The standard InChI is InChI=1S/C10H7FOS2/c1-13-7-2-6(4-12)10-8(11)5-14-9(10)3-7/h2-5H,1H3. The Balaban J connectivity index is 2.82. The van der Waals surface area contributed by atoms with Gasteiger partial charge in [-0.05, 0) is 18.4 Å². The minimum absolute atomic E-state index is 0.306. The topological polar surface area (TPSA) is 17.1 Å². The Hall–Kier alpha value is -0.870. The van der Waals surface area contributed by atoms with E-state index in [0.29, 0.717) is 17.2 Å². The molecule has 0 bridgehead atoms. The monoisotopic (exact) mass is 226 g/mol. The van der Waals surface area contributed by atoms with Crippen LogP contribution in [0.4, 0.5) is 4.39 Å². The third-order valence-corrected chi connectivity index (χ3v) is 3.60. The minimum atomic E-state index is -0.306. The van der Waals surface area contributed by atoms with Gasteiger partial charge in [0.2, 0.25) is 0 Å². The van der Waals surface area contributed by atoms with Crippen molar-refractivity contribution in [1.82, 2.24) is 0 Å². The molecule has 1 heterocycles. The van der Waals surface area contributed by atoms with Crippen LogP contribution in [-0.4, -0.2) is 12.5 Å². The quantitative estimate of drug-likeness (QED) is 0.575. The normalized spacial score (nSPS) is 10.7. The highest BCUT2D eigenvalue weighted by molar-refractivity contribution is 7.98. The smallest absolute Gasteiger partial charge is 0.150 e. The van der Waals surface area contributed by atoms with E-state index in [1.807, 2.05) is 12.3 Å². The van der Waals surface area contributed by atoms with Crippen molar-refractivity contribution in [3.63, 3.8) is 0 Å². The summed E-state index contributed by atoms with van der Waals surface area (Å²) in [6, 6.07) is 3.62. The van der Waals surface area contributed by atoms with Crippen LogP contribution in [0.25, 0.3) is 10.1 Å². The molecule has 0 saturated heterocycles. The molecule has 0 amide bonds. The van der Waals surface area contributed by atoms with Gasteiger partial charge in [-0.15, -0.1) is 23.1 Å². The third-order valence-electron chi connectivity index (χ3n) is 2.00. The highest BCUT2D eigenvalue weighted by Gasteiger charge is 2.09. The van der Waals surface area contributed by atoms with E-state index in [0.717, 1.165) is 9.60 Å². The van der Waals surface area contributed by atoms with Crippen molar-refractivity contribution in [1.29, 1.82) is 0 Å². The molecule has 4 heteroatoms. The molecular formula is C10H7FOS2. The summed E-state index contributed by atoms with van der Waals surface area (Å²) in [7, 11) is 0. The summed E-state index contributed by atoms with van der Waals surface area (Å²) in [6.07, 6.45) is 2.64. The lowest BCUT2D eigenvalue weighted by Gasteiger charge is -1.99. The Bertz CT molecular complexity index is 490. The van der Waals surface area contributed by atoms with Crippen LogP contribution in [-0.2, 0) is 0 Å². The zero-order valence-corrected chi connectivity index (χ0v) is 9.05. The Morgan fingerprint density at radius 3 is 2.93 bits per heavy atom. The molecule has 1 nitrogen and oxygen atoms in total. The van der Waals surface area contributed by atoms with E-state index in [2.05, 4.69) is 0 Å². The number of carbonyl (C=O) groups excluding carboxylic acids is 1. The van der Waals surface area contributed by atoms with Gasteiger partial charge in [0, 0.05) is 25.9 Å². The summed E-state index contributed by atoms with van der Waals surface area (Å²) in [5, 5.41) is 1.88. The summed E-state index contributed by atoms with van der Waals surface area (Å²) >= 11 is 2.87. The van der Waals surface area contributed by atoms with Crippen molar-refractivity contribution in [3.8, 4) is 0 Å². The minimum Gasteiger partial charge on any atom is -0.298 e.